The maximum Gasteiger partial charge on any atom is 0.165 e. The molecule has 1 nitrogen and oxygen atoms in total. The van der Waals surface area contributed by atoms with Gasteiger partial charge < -0.3 is 5.11 Å². The van der Waals surface area contributed by atoms with E-state index in [0.29, 0.717) is 21.7 Å². The fourth-order valence-corrected chi connectivity index (χ4v) is 12.0. The standard InChI is InChI=1S/C28H37FO/c1-24-7-18-5-19(8-24)12-27(11-18,15-24)28-13-20-9-25(2,16-28)14-26(10-20,17-28)21-3-4-23(30)22(29)6-21/h3-4,6,18-20,30H,5,7-17H2,1-2H3. The monoisotopic (exact) mass is 408 g/mol. The highest BCUT2D eigenvalue weighted by Crippen LogP contribution is 2.80. The maximum atomic E-state index is 14.5. The van der Waals surface area contributed by atoms with Crippen molar-refractivity contribution in [3.05, 3.63) is 29.6 Å². The average molecular weight is 409 g/mol. The van der Waals surface area contributed by atoms with Crippen LogP contribution in [0.2, 0.25) is 0 Å². The molecule has 0 aliphatic heterocycles. The maximum absolute atomic E-state index is 14.5. The number of aromatic hydroxyl groups is 1. The van der Waals surface area contributed by atoms with Gasteiger partial charge in [-0.25, -0.2) is 4.39 Å². The number of halogens is 1. The fourth-order valence-electron chi connectivity index (χ4n) is 12.0. The summed E-state index contributed by atoms with van der Waals surface area (Å²) in [6.45, 7) is 5.19. The summed E-state index contributed by atoms with van der Waals surface area (Å²) < 4.78 is 14.5. The van der Waals surface area contributed by atoms with E-state index in [1.165, 1.54) is 82.6 Å². The van der Waals surface area contributed by atoms with Crippen LogP contribution in [0.4, 0.5) is 4.39 Å². The van der Waals surface area contributed by atoms with Crippen molar-refractivity contribution in [2.24, 2.45) is 39.4 Å². The van der Waals surface area contributed by atoms with Gasteiger partial charge in [0, 0.05) is 0 Å². The molecular formula is C28H37FO. The predicted molar refractivity (Wildman–Crippen MR) is 117 cm³/mol. The van der Waals surface area contributed by atoms with Crippen LogP contribution in [0.3, 0.4) is 0 Å². The summed E-state index contributed by atoms with van der Waals surface area (Å²) in [4.78, 5) is 0. The number of benzene rings is 1. The molecule has 162 valence electrons. The molecule has 8 bridgehead atoms. The van der Waals surface area contributed by atoms with Crippen molar-refractivity contribution in [2.45, 2.75) is 96.3 Å². The van der Waals surface area contributed by atoms with Gasteiger partial charge in [0.2, 0.25) is 0 Å². The summed E-state index contributed by atoms with van der Waals surface area (Å²) in [5, 5.41) is 9.83. The second-order valence-electron chi connectivity index (χ2n) is 14.1. The highest BCUT2D eigenvalue weighted by Gasteiger charge is 2.71. The number of hydrogen-bond acceptors (Lipinski definition) is 1. The van der Waals surface area contributed by atoms with E-state index >= 15 is 0 Å². The average Bonchev–Trinajstić information content (AvgIpc) is 2.60. The van der Waals surface area contributed by atoms with E-state index in [1.807, 2.05) is 0 Å². The lowest BCUT2D eigenvalue weighted by Crippen LogP contribution is -2.66. The molecule has 8 aliphatic rings. The van der Waals surface area contributed by atoms with Gasteiger partial charge in [-0.3, -0.25) is 0 Å². The van der Waals surface area contributed by atoms with Crippen LogP contribution in [-0.4, -0.2) is 5.11 Å². The Bertz CT molecular complexity index is 923. The van der Waals surface area contributed by atoms with E-state index in [0.717, 1.165) is 17.8 Å². The van der Waals surface area contributed by atoms with Gasteiger partial charge in [0.05, 0.1) is 0 Å². The minimum atomic E-state index is -0.426. The molecule has 1 aromatic carbocycles. The molecule has 0 radical (unpaired) electrons. The van der Waals surface area contributed by atoms with E-state index in [4.69, 9.17) is 0 Å². The second-order valence-corrected chi connectivity index (χ2v) is 14.1. The Balaban J connectivity index is 1.37. The number of hydrogen-bond donors (Lipinski definition) is 1. The Morgan fingerprint density at radius 3 is 2.10 bits per heavy atom. The minimum Gasteiger partial charge on any atom is -0.505 e. The van der Waals surface area contributed by atoms with Crippen LogP contribution in [-0.2, 0) is 5.41 Å². The Hall–Kier alpha value is -1.05. The van der Waals surface area contributed by atoms with Crippen molar-refractivity contribution in [3.8, 4) is 5.75 Å². The first kappa shape index (κ1) is 18.5. The first-order valence-corrected chi connectivity index (χ1v) is 12.6. The van der Waals surface area contributed by atoms with Crippen LogP contribution in [0.25, 0.3) is 0 Å². The van der Waals surface area contributed by atoms with Crippen LogP contribution in [0.1, 0.15) is 96.5 Å². The first-order chi connectivity index (χ1) is 14.1. The normalized spacial score (nSPS) is 55.4. The summed E-state index contributed by atoms with van der Waals surface area (Å²) in [5.74, 6) is 2.13. The van der Waals surface area contributed by atoms with Crippen molar-refractivity contribution in [2.75, 3.05) is 0 Å². The first-order valence-electron chi connectivity index (χ1n) is 12.6. The Kier molecular flexibility index (Phi) is 3.26. The summed E-state index contributed by atoms with van der Waals surface area (Å²) in [6.07, 6.45) is 16.9. The fraction of sp³-hybridized carbons (Fsp3) is 0.786. The Morgan fingerprint density at radius 1 is 0.767 bits per heavy atom. The molecule has 0 saturated heterocycles. The molecule has 0 heterocycles. The zero-order valence-electron chi connectivity index (χ0n) is 18.8. The molecule has 1 aromatic rings. The summed E-state index contributed by atoms with van der Waals surface area (Å²) in [7, 11) is 0. The lowest BCUT2D eigenvalue weighted by atomic mass is 9.29. The van der Waals surface area contributed by atoms with Crippen LogP contribution in [0, 0.1) is 45.2 Å². The van der Waals surface area contributed by atoms with Gasteiger partial charge >= 0.3 is 0 Å². The Morgan fingerprint density at radius 2 is 1.43 bits per heavy atom. The molecule has 8 saturated carbocycles. The van der Waals surface area contributed by atoms with Crippen LogP contribution < -0.4 is 0 Å². The van der Waals surface area contributed by atoms with Gasteiger partial charge in [0.1, 0.15) is 0 Å². The zero-order valence-corrected chi connectivity index (χ0v) is 18.8. The summed E-state index contributed by atoms with van der Waals surface area (Å²) in [6, 6.07) is 5.37. The Labute approximate surface area is 180 Å². The molecule has 0 aromatic heterocycles. The van der Waals surface area contributed by atoms with Crippen LogP contribution >= 0.6 is 0 Å². The smallest absolute Gasteiger partial charge is 0.165 e. The second kappa shape index (κ2) is 5.29. The number of phenols is 1. The molecule has 8 aliphatic carbocycles. The van der Waals surface area contributed by atoms with Gasteiger partial charge in [-0.1, -0.05) is 19.9 Å². The van der Waals surface area contributed by atoms with E-state index in [-0.39, 0.29) is 11.2 Å². The van der Waals surface area contributed by atoms with Crippen LogP contribution in [0.15, 0.2) is 18.2 Å². The molecule has 2 heteroatoms. The van der Waals surface area contributed by atoms with E-state index in [2.05, 4.69) is 19.9 Å². The largest absolute Gasteiger partial charge is 0.505 e. The highest BCUT2D eigenvalue weighted by molar-refractivity contribution is 5.37. The SMILES string of the molecule is CC12CC3CC(C1)CC(C14CC5CC(C)(CC(c6ccc(O)c(F)c6)(C5)C1)C4)(C3)C2. The third kappa shape index (κ3) is 2.24. The number of rotatable bonds is 2. The van der Waals surface area contributed by atoms with Gasteiger partial charge in [0.15, 0.2) is 11.6 Å². The van der Waals surface area contributed by atoms with Crippen molar-refractivity contribution in [3.63, 3.8) is 0 Å². The zero-order chi connectivity index (χ0) is 20.6. The number of phenolic OH excluding ortho intramolecular Hbond substituents is 1. The van der Waals surface area contributed by atoms with Crippen molar-refractivity contribution < 1.29 is 9.50 Å². The predicted octanol–water partition coefficient (Wildman–Crippen LogP) is 7.37. The van der Waals surface area contributed by atoms with Crippen LogP contribution in [0.5, 0.6) is 5.75 Å². The van der Waals surface area contributed by atoms with E-state index in [1.54, 1.807) is 12.1 Å². The van der Waals surface area contributed by atoms with Gasteiger partial charge in [-0.2, -0.15) is 0 Å². The van der Waals surface area contributed by atoms with E-state index < -0.39 is 5.82 Å². The highest BCUT2D eigenvalue weighted by atomic mass is 19.1. The quantitative estimate of drug-likeness (QED) is 0.542. The van der Waals surface area contributed by atoms with E-state index in [9.17, 15) is 9.50 Å². The molecule has 6 unspecified atom stereocenters. The van der Waals surface area contributed by atoms with Gasteiger partial charge in [0.25, 0.3) is 0 Å². The van der Waals surface area contributed by atoms with Gasteiger partial charge in [-0.15, -0.1) is 0 Å². The molecule has 8 fully saturated rings. The molecular weight excluding hydrogens is 371 g/mol. The minimum absolute atomic E-state index is 0.132. The summed E-state index contributed by atoms with van der Waals surface area (Å²) >= 11 is 0. The van der Waals surface area contributed by atoms with Gasteiger partial charge in [-0.05, 0) is 140 Å². The van der Waals surface area contributed by atoms with Crippen molar-refractivity contribution in [1.29, 1.82) is 0 Å². The topological polar surface area (TPSA) is 20.2 Å². The third-order valence-electron chi connectivity index (χ3n) is 11.4. The van der Waals surface area contributed by atoms with Crippen molar-refractivity contribution >= 4 is 0 Å². The molecule has 0 amide bonds. The van der Waals surface area contributed by atoms with Crippen molar-refractivity contribution in [1.82, 2.24) is 0 Å². The third-order valence-corrected chi connectivity index (χ3v) is 11.4. The summed E-state index contributed by atoms with van der Waals surface area (Å²) in [5.41, 5.74) is 3.34. The molecule has 1 N–H and O–H groups in total. The lowest BCUT2D eigenvalue weighted by Gasteiger charge is -2.75. The lowest BCUT2D eigenvalue weighted by molar-refractivity contribution is -0.239. The molecule has 0 spiro atoms. The molecule has 6 atom stereocenters. The molecule has 9 rings (SSSR count). The molecule has 30 heavy (non-hydrogen) atoms.